The summed E-state index contributed by atoms with van der Waals surface area (Å²) in [5.41, 5.74) is 17.1. The standard InChI is InChI=1S/C78H49N9O/c1-4-20-50(21-5-1)73-79-74(51-22-6-2-7-23-51)81-76(80-73)53-38-42-57(43-39-53)85-64-31-12-10-28-61(64)63-49-59(46-47-66(63)85)87-65-32-13-11-29-62(65)72-60(30-19-35-69(72)87)55-26-18-27-56(48-55)78-83-75(52-24-8-3-9-25-52)82-77(84-78)54-40-44-58(45-41-54)86-67-33-14-16-36-70(67)88-71-37-17-15-34-68(71)86/h1-49H. The molecule has 0 unspecified atom stereocenters. The predicted molar refractivity (Wildman–Crippen MR) is 355 cm³/mol. The first-order valence-electron chi connectivity index (χ1n) is 29.3. The van der Waals surface area contributed by atoms with Crippen molar-refractivity contribution < 1.29 is 4.74 Å². The van der Waals surface area contributed by atoms with Crippen molar-refractivity contribution in [3.63, 3.8) is 0 Å². The molecule has 412 valence electrons. The van der Waals surface area contributed by atoms with E-state index >= 15 is 0 Å². The molecule has 10 nitrogen and oxygen atoms in total. The Morgan fingerprint density at radius 1 is 0.239 bits per heavy atom. The highest BCUT2D eigenvalue weighted by Crippen LogP contribution is 2.50. The number of anilines is 3. The van der Waals surface area contributed by atoms with E-state index in [1.165, 1.54) is 5.39 Å². The van der Waals surface area contributed by atoms with Crippen molar-refractivity contribution in [3.8, 4) is 102 Å². The van der Waals surface area contributed by atoms with Crippen LogP contribution in [0.5, 0.6) is 11.5 Å². The van der Waals surface area contributed by atoms with Crippen LogP contribution in [0.15, 0.2) is 297 Å². The maximum absolute atomic E-state index is 6.32. The van der Waals surface area contributed by atoms with Gasteiger partial charge in [-0.2, -0.15) is 0 Å². The molecule has 88 heavy (non-hydrogen) atoms. The highest BCUT2D eigenvalue weighted by Gasteiger charge is 2.26. The molecule has 0 spiro atoms. The lowest BCUT2D eigenvalue weighted by Gasteiger charge is -2.32. The molecule has 0 aliphatic carbocycles. The van der Waals surface area contributed by atoms with Crippen LogP contribution in [0.1, 0.15) is 0 Å². The molecule has 1 aliphatic heterocycles. The zero-order chi connectivity index (χ0) is 58.1. The van der Waals surface area contributed by atoms with Gasteiger partial charge in [0.2, 0.25) is 0 Å². The second kappa shape index (κ2) is 20.9. The highest BCUT2D eigenvalue weighted by molar-refractivity contribution is 6.17. The molecule has 0 bridgehead atoms. The van der Waals surface area contributed by atoms with Gasteiger partial charge in [-0.05, 0) is 126 Å². The number of ether oxygens (including phenoxy) is 1. The van der Waals surface area contributed by atoms with Gasteiger partial charge in [0, 0.05) is 72.0 Å². The van der Waals surface area contributed by atoms with E-state index in [1.54, 1.807) is 0 Å². The van der Waals surface area contributed by atoms with Gasteiger partial charge in [-0.15, -0.1) is 0 Å². The third-order valence-corrected chi connectivity index (χ3v) is 16.6. The van der Waals surface area contributed by atoms with Crippen LogP contribution in [-0.4, -0.2) is 39.0 Å². The van der Waals surface area contributed by atoms with Crippen LogP contribution in [0.25, 0.3) is 134 Å². The second-order valence-electron chi connectivity index (χ2n) is 21.9. The summed E-state index contributed by atoms with van der Waals surface area (Å²) in [7, 11) is 0. The summed E-state index contributed by atoms with van der Waals surface area (Å²) >= 11 is 0. The van der Waals surface area contributed by atoms with Crippen LogP contribution in [0.2, 0.25) is 0 Å². The molecule has 0 amide bonds. The molecule has 1 aliphatic rings. The lowest BCUT2D eigenvalue weighted by atomic mass is 9.97. The Kier molecular flexibility index (Phi) is 12.0. The minimum atomic E-state index is 0.582. The van der Waals surface area contributed by atoms with Crippen LogP contribution >= 0.6 is 0 Å². The fraction of sp³-hybridized carbons (Fsp3) is 0. The third kappa shape index (κ3) is 8.65. The van der Waals surface area contributed by atoms with Crippen LogP contribution in [0.3, 0.4) is 0 Å². The van der Waals surface area contributed by atoms with Crippen molar-refractivity contribution >= 4 is 60.7 Å². The minimum Gasteiger partial charge on any atom is -0.453 e. The number of aromatic nitrogens is 8. The van der Waals surface area contributed by atoms with E-state index < -0.39 is 0 Å². The first-order valence-corrected chi connectivity index (χ1v) is 29.3. The summed E-state index contributed by atoms with van der Waals surface area (Å²) in [6.07, 6.45) is 0. The molecule has 0 radical (unpaired) electrons. The molecule has 0 saturated carbocycles. The Balaban J connectivity index is 0.738. The molecular formula is C78H49N9O. The van der Waals surface area contributed by atoms with Gasteiger partial charge in [-0.25, -0.2) is 29.9 Å². The molecule has 5 heterocycles. The quantitative estimate of drug-likeness (QED) is 0.134. The van der Waals surface area contributed by atoms with Gasteiger partial charge >= 0.3 is 0 Å². The van der Waals surface area contributed by atoms with Crippen LogP contribution < -0.4 is 9.64 Å². The normalized spacial score (nSPS) is 11.9. The summed E-state index contributed by atoms with van der Waals surface area (Å²) in [6.45, 7) is 0. The van der Waals surface area contributed by atoms with Gasteiger partial charge in [-0.3, -0.25) is 0 Å². The Morgan fingerprint density at radius 2 is 0.625 bits per heavy atom. The molecule has 0 atom stereocenters. The van der Waals surface area contributed by atoms with E-state index in [4.69, 9.17) is 34.6 Å². The van der Waals surface area contributed by atoms with E-state index in [9.17, 15) is 0 Å². The molecule has 4 aromatic heterocycles. The Hall–Kier alpha value is -12.1. The molecule has 12 aromatic carbocycles. The summed E-state index contributed by atoms with van der Waals surface area (Å²) in [4.78, 5) is 32.7. The number of benzene rings is 12. The summed E-state index contributed by atoms with van der Waals surface area (Å²) in [5, 5.41) is 4.64. The third-order valence-electron chi connectivity index (χ3n) is 16.6. The average molecular weight is 1130 g/mol. The van der Waals surface area contributed by atoms with Crippen molar-refractivity contribution in [1.29, 1.82) is 0 Å². The lowest BCUT2D eigenvalue weighted by molar-refractivity contribution is 0.477. The molecule has 0 fully saturated rings. The van der Waals surface area contributed by atoms with Gasteiger partial charge in [0.1, 0.15) is 0 Å². The van der Waals surface area contributed by atoms with Gasteiger partial charge in [0.25, 0.3) is 0 Å². The molecule has 16 aromatic rings. The predicted octanol–water partition coefficient (Wildman–Crippen LogP) is 19.5. The molecule has 10 heteroatoms. The second-order valence-corrected chi connectivity index (χ2v) is 21.9. The van der Waals surface area contributed by atoms with E-state index in [-0.39, 0.29) is 0 Å². The highest BCUT2D eigenvalue weighted by atomic mass is 16.5. The fourth-order valence-corrected chi connectivity index (χ4v) is 12.5. The number of hydrogen-bond acceptors (Lipinski definition) is 8. The SMILES string of the molecule is c1ccc(-c2nc(-c3ccccc3)nc(-c3ccc(-n4c5ccccc5c5cc(-n6c7ccccc7c7c(-c8cccc(-c9nc(-c%10ccccc%10)nc(-c%10ccc(N%11c%12ccccc%12Oc%12ccccc%12%11)cc%10)n9)c8)cccc76)ccc54)cc3)n2)cc1. The number of para-hydroxylation sites is 6. The summed E-state index contributed by atoms with van der Waals surface area (Å²) in [6, 6.07) is 103. The Bertz CT molecular complexity index is 5250. The smallest absolute Gasteiger partial charge is 0.164 e. The maximum atomic E-state index is 6.32. The van der Waals surface area contributed by atoms with E-state index in [1.807, 2.05) is 127 Å². The monoisotopic (exact) mass is 1130 g/mol. The maximum Gasteiger partial charge on any atom is 0.164 e. The van der Waals surface area contributed by atoms with Crippen LogP contribution in [0.4, 0.5) is 17.1 Å². The average Bonchev–Trinajstić information content (AvgIpc) is 2.03. The number of hydrogen-bond donors (Lipinski definition) is 0. The van der Waals surface area contributed by atoms with E-state index in [0.717, 1.165) is 123 Å². The number of nitrogens with zero attached hydrogens (tertiary/aromatic N) is 9. The Labute approximate surface area is 506 Å². The Morgan fingerprint density at radius 3 is 1.19 bits per heavy atom. The summed E-state index contributed by atoms with van der Waals surface area (Å²) in [5.74, 6) is 5.25. The van der Waals surface area contributed by atoms with Crippen LogP contribution in [-0.2, 0) is 0 Å². The van der Waals surface area contributed by atoms with Crippen molar-refractivity contribution in [2.45, 2.75) is 0 Å². The fourth-order valence-electron chi connectivity index (χ4n) is 12.5. The minimum absolute atomic E-state index is 0.582. The van der Waals surface area contributed by atoms with Crippen LogP contribution in [0, 0.1) is 0 Å². The van der Waals surface area contributed by atoms with Gasteiger partial charge in [0.05, 0.1) is 33.4 Å². The number of rotatable bonds is 10. The van der Waals surface area contributed by atoms with E-state index in [2.05, 4.69) is 184 Å². The van der Waals surface area contributed by atoms with Crippen molar-refractivity contribution in [2.24, 2.45) is 0 Å². The molecule has 17 rings (SSSR count). The van der Waals surface area contributed by atoms with Crippen molar-refractivity contribution in [1.82, 2.24) is 39.0 Å². The zero-order valence-corrected chi connectivity index (χ0v) is 47.2. The number of fused-ring (bicyclic) bond motifs is 8. The first-order chi connectivity index (χ1) is 43.6. The topological polar surface area (TPSA) is 99.7 Å². The zero-order valence-electron chi connectivity index (χ0n) is 47.2. The van der Waals surface area contributed by atoms with Gasteiger partial charge in [0.15, 0.2) is 46.4 Å². The van der Waals surface area contributed by atoms with Crippen molar-refractivity contribution in [2.75, 3.05) is 4.90 Å². The lowest BCUT2D eigenvalue weighted by Crippen LogP contribution is -2.15. The molecule has 0 N–H and O–H groups in total. The first kappa shape index (κ1) is 50.4. The van der Waals surface area contributed by atoms with E-state index in [0.29, 0.717) is 34.9 Å². The van der Waals surface area contributed by atoms with Crippen molar-refractivity contribution in [3.05, 3.63) is 297 Å². The molecule has 0 saturated heterocycles. The molecular weight excluding hydrogens is 1080 g/mol. The summed E-state index contributed by atoms with van der Waals surface area (Å²) < 4.78 is 11.1. The van der Waals surface area contributed by atoms with Gasteiger partial charge < -0.3 is 18.8 Å². The largest absolute Gasteiger partial charge is 0.453 e. The van der Waals surface area contributed by atoms with Gasteiger partial charge in [-0.1, -0.05) is 182 Å².